The number of hydrogen-bond acceptors (Lipinski definition) is 2. The maximum Gasteiger partial charge on any atom is 0.147 e. The van der Waals surface area contributed by atoms with Crippen LogP contribution in [0.2, 0.25) is 0 Å². The molecule has 2 aromatic rings. The van der Waals surface area contributed by atoms with Crippen LogP contribution in [0.25, 0.3) is 5.69 Å². The normalized spacial score (nSPS) is 19.7. The van der Waals surface area contributed by atoms with Crippen LogP contribution in [0.15, 0.2) is 36.8 Å². The maximum atomic E-state index is 13.8. The first kappa shape index (κ1) is 10.5. The van der Waals surface area contributed by atoms with Crippen molar-refractivity contribution in [3.05, 3.63) is 48.3 Å². The number of imidazole rings is 1. The second-order valence-corrected chi connectivity index (χ2v) is 4.29. The molecule has 88 valence electrons. The fourth-order valence-electron chi connectivity index (χ4n) is 2.35. The Kier molecular flexibility index (Phi) is 2.65. The number of para-hydroxylation sites is 1. The van der Waals surface area contributed by atoms with Gasteiger partial charge in [-0.25, -0.2) is 9.37 Å². The van der Waals surface area contributed by atoms with Crippen LogP contribution in [-0.4, -0.2) is 16.1 Å². The Morgan fingerprint density at radius 3 is 3.00 bits per heavy atom. The molecule has 0 amide bonds. The van der Waals surface area contributed by atoms with E-state index in [1.807, 2.05) is 16.8 Å². The van der Waals surface area contributed by atoms with Gasteiger partial charge in [-0.2, -0.15) is 0 Å². The highest BCUT2D eigenvalue weighted by Crippen LogP contribution is 2.25. The summed E-state index contributed by atoms with van der Waals surface area (Å²) < 4.78 is 15.6. The highest BCUT2D eigenvalue weighted by molar-refractivity contribution is 5.35. The van der Waals surface area contributed by atoms with E-state index in [9.17, 15) is 4.39 Å². The van der Waals surface area contributed by atoms with Gasteiger partial charge in [0.15, 0.2) is 0 Å². The van der Waals surface area contributed by atoms with E-state index in [0.29, 0.717) is 5.69 Å². The fourth-order valence-corrected chi connectivity index (χ4v) is 2.35. The van der Waals surface area contributed by atoms with Crippen molar-refractivity contribution in [1.29, 1.82) is 0 Å². The number of halogens is 1. The van der Waals surface area contributed by atoms with Crippen molar-refractivity contribution >= 4 is 0 Å². The molecule has 1 atom stereocenters. The van der Waals surface area contributed by atoms with Crippen LogP contribution < -0.4 is 5.32 Å². The van der Waals surface area contributed by atoms with Gasteiger partial charge in [-0.15, -0.1) is 0 Å². The third-order valence-corrected chi connectivity index (χ3v) is 3.20. The van der Waals surface area contributed by atoms with Gasteiger partial charge in [-0.1, -0.05) is 12.1 Å². The van der Waals surface area contributed by atoms with E-state index in [1.54, 1.807) is 18.5 Å². The van der Waals surface area contributed by atoms with Gasteiger partial charge in [-0.3, -0.25) is 4.57 Å². The Labute approximate surface area is 99.3 Å². The zero-order valence-electron chi connectivity index (χ0n) is 9.44. The average Bonchev–Trinajstić information content (AvgIpc) is 3.00. The van der Waals surface area contributed by atoms with Gasteiger partial charge in [0.1, 0.15) is 5.82 Å². The van der Waals surface area contributed by atoms with Gasteiger partial charge in [0.05, 0.1) is 23.9 Å². The van der Waals surface area contributed by atoms with Crippen LogP contribution in [-0.2, 0) is 0 Å². The molecule has 1 aliphatic rings. The van der Waals surface area contributed by atoms with Gasteiger partial charge in [0.2, 0.25) is 0 Å². The topological polar surface area (TPSA) is 29.9 Å². The second kappa shape index (κ2) is 4.30. The minimum absolute atomic E-state index is 0.218. The summed E-state index contributed by atoms with van der Waals surface area (Å²) in [5.41, 5.74) is 1.60. The van der Waals surface area contributed by atoms with Crippen LogP contribution >= 0.6 is 0 Å². The van der Waals surface area contributed by atoms with Crippen molar-refractivity contribution in [2.24, 2.45) is 0 Å². The Bertz CT molecular complexity index is 515. The molecule has 1 N–H and O–H groups in total. The summed E-state index contributed by atoms with van der Waals surface area (Å²) in [4.78, 5) is 4.14. The van der Waals surface area contributed by atoms with Crippen molar-refractivity contribution in [2.75, 3.05) is 6.54 Å². The first-order chi connectivity index (χ1) is 8.36. The van der Waals surface area contributed by atoms with Crippen molar-refractivity contribution < 1.29 is 4.39 Å². The number of rotatable bonds is 2. The molecule has 3 rings (SSSR count). The molecule has 1 aliphatic heterocycles. The van der Waals surface area contributed by atoms with Crippen molar-refractivity contribution in [1.82, 2.24) is 14.9 Å². The molecule has 3 nitrogen and oxygen atoms in total. The monoisotopic (exact) mass is 231 g/mol. The highest BCUT2D eigenvalue weighted by atomic mass is 19.1. The molecule has 1 fully saturated rings. The van der Waals surface area contributed by atoms with Gasteiger partial charge in [-0.05, 0) is 31.5 Å². The van der Waals surface area contributed by atoms with E-state index in [2.05, 4.69) is 10.3 Å². The number of benzene rings is 1. The summed E-state index contributed by atoms with van der Waals surface area (Å²) in [5, 5.41) is 3.41. The van der Waals surface area contributed by atoms with E-state index < -0.39 is 0 Å². The quantitative estimate of drug-likeness (QED) is 0.860. The summed E-state index contributed by atoms with van der Waals surface area (Å²) in [6, 6.07) is 7.07. The summed E-state index contributed by atoms with van der Waals surface area (Å²) in [6.45, 7) is 1.02. The number of nitrogens with one attached hydrogen (secondary N) is 1. The standard InChI is InChI=1S/C13H14FN3/c14-10-4-1-2-6-12(10)17-9-15-8-13(17)11-5-3-7-16-11/h1-2,4,6,8-9,11,16H,3,5,7H2. The van der Waals surface area contributed by atoms with Crippen molar-refractivity contribution in [3.63, 3.8) is 0 Å². The molecule has 1 unspecified atom stereocenters. The van der Waals surface area contributed by atoms with E-state index in [4.69, 9.17) is 0 Å². The third-order valence-electron chi connectivity index (χ3n) is 3.20. The lowest BCUT2D eigenvalue weighted by Gasteiger charge is -2.14. The lowest BCUT2D eigenvalue weighted by atomic mass is 10.1. The zero-order chi connectivity index (χ0) is 11.7. The molecular formula is C13H14FN3. The molecule has 1 aromatic heterocycles. The molecule has 1 saturated heterocycles. The van der Waals surface area contributed by atoms with Crippen LogP contribution in [0.3, 0.4) is 0 Å². The van der Waals surface area contributed by atoms with E-state index >= 15 is 0 Å². The molecule has 2 heterocycles. The van der Waals surface area contributed by atoms with Gasteiger partial charge < -0.3 is 5.32 Å². The lowest BCUT2D eigenvalue weighted by molar-refractivity contribution is 0.591. The minimum Gasteiger partial charge on any atom is -0.309 e. The van der Waals surface area contributed by atoms with Crippen LogP contribution in [0.5, 0.6) is 0 Å². The molecule has 0 bridgehead atoms. The predicted octanol–water partition coefficient (Wildman–Crippen LogP) is 2.44. The van der Waals surface area contributed by atoms with E-state index in [0.717, 1.165) is 25.1 Å². The average molecular weight is 231 g/mol. The first-order valence-electron chi connectivity index (χ1n) is 5.87. The van der Waals surface area contributed by atoms with Crippen LogP contribution in [0.1, 0.15) is 24.6 Å². The van der Waals surface area contributed by atoms with Gasteiger partial charge in [0, 0.05) is 6.04 Å². The third kappa shape index (κ3) is 1.85. The molecular weight excluding hydrogens is 217 g/mol. The first-order valence-corrected chi connectivity index (χ1v) is 5.87. The SMILES string of the molecule is Fc1ccccc1-n1cncc1C1CCCN1. The summed E-state index contributed by atoms with van der Waals surface area (Å²) in [6.07, 6.45) is 5.73. The molecule has 0 spiro atoms. The van der Waals surface area contributed by atoms with Gasteiger partial charge in [0.25, 0.3) is 0 Å². The largest absolute Gasteiger partial charge is 0.309 e. The van der Waals surface area contributed by atoms with Crippen molar-refractivity contribution in [2.45, 2.75) is 18.9 Å². The summed E-state index contributed by atoms with van der Waals surface area (Å²) >= 11 is 0. The molecule has 0 aliphatic carbocycles. The molecule has 0 radical (unpaired) electrons. The second-order valence-electron chi connectivity index (χ2n) is 4.29. The lowest BCUT2D eigenvalue weighted by Crippen LogP contribution is -2.16. The minimum atomic E-state index is -0.218. The van der Waals surface area contributed by atoms with Crippen LogP contribution in [0.4, 0.5) is 4.39 Å². The molecule has 4 heteroatoms. The zero-order valence-corrected chi connectivity index (χ0v) is 9.44. The van der Waals surface area contributed by atoms with E-state index in [-0.39, 0.29) is 11.9 Å². The number of hydrogen-bond donors (Lipinski definition) is 1. The number of aromatic nitrogens is 2. The maximum absolute atomic E-state index is 13.8. The Hall–Kier alpha value is -1.68. The van der Waals surface area contributed by atoms with Crippen LogP contribution in [0, 0.1) is 5.82 Å². The smallest absolute Gasteiger partial charge is 0.147 e. The fraction of sp³-hybridized carbons (Fsp3) is 0.308. The highest BCUT2D eigenvalue weighted by Gasteiger charge is 2.21. The Morgan fingerprint density at radius 1 is 1.35 bits per heavy atom. The Balaban J connectivity index is 2.04. The Morgan fingerprint density at radius 2 is 2.24 bits per heavy atom. The molecule has 0 saturated carbocycles. The van der Waals surface area contributed by atoms with E-state index in [1.165, 1.54) is 6.07 Å². The molecule has 1 aromatic carbocycles. The predicted molar refractivity (Wildman–Crippen MR) is 63.5 cm³/mol. The van der Waals surface area contributed by atoms with Gasteiger partial charge >= 0.3 is 0 Å². The summed E-state index contributed by atoms with van der Waals surface area (Å²) in [5.74, 6) is -0.218. The summed E-state index contributed by atoms with van der Waals surface area (Å²) in [7, 11) is 0. The molecule has 17 heavy (non-hydrogen) atoms. The van der Waals surface area contributed by atoms with Crippen molar-refractivity contribution in [3.8, 4) is 5.69 Å². The number of nitrogens with zero attached hydrogens (tertiary/aromatic N) is 2.